The first-order chi connectivity index (χ1) is 10.1. The Bertz CT molecular complexity index is 601. The summed E-state index contributed by atoms with van der Waals surface area (Å²) >= 11 is 3.61. The molecule has 4 heteroatoms. The van der Waals surface area contributed by atoms with Gasteiger partial charge in [0.25, 0.3) is 0 Å². The average Bonchev–Trinajstić information content (AvgIpc) is 2.50. The number of nitrogens with zero attached hydrogens (tertiary/aromatic N) is 1. The van der Waals surface area contributed by atoms with Gasteiger partial charge in [0.2, 0.25) is 0 Å². The number of hydrogen-bond donors (Lipinski definition) is 1. The van der Waals surface area contributed by atoms with Crippen LogP contribution < -0.4 is 10.5 Å². The Morgan fingerprint density at radius 1 is 1.10 bits per heavy atom. The Morgan fingerprint density at radius 2 is 1.81 bits per heavy atom. The van der Waals surface area contributed by atoms with Gasteiger partial charge in [-0.1, -0.05) is 41.1 Å². The summed E-state index contributed by atoms with van der Waals surface area (Å²) in [6, 6.07) is 14.1. The molecule has 3 nitrogen and oxygen atoms in total. The normalized spacial score (nSPS) is 10.9. The highest BCUT2D eigenvalue weighted by atomic mass is 79.9. The van der Waals surface area contributed by atoms with Gasteiger partial charge in [0.15, 0.2) is 0 Å². The van der Waals surface area contributed by atoms with Crippen molar-refractivity contribution in [1.29, 1.82) is 0 Å². The fourth-order valence-corrected chi connectivity index (χ4v) is 2.61. The summed E-state index contributed by atoms with van der Waals surface area (Å²) < 4.78 is 6.40. The van der Waals surface area contributed by atoms with Crippen molar-refractivity contribution in [3.63, 3.8) is 0 Å². The molecule has 2 aromatic rings. The van der Waals surface area contributed by atoms with Gasteiger partial charge in [-0.05, 0) is 41.9 Å². The quantitative estimate of drug-likeness (QED) is 0.800. The van der Waals surface area contributed by atoms with Gasteiger partial charge in [0.05, 0.1) is 7.11 Å². The second-order valence-corrected chi connectivity index (χ2v) is 5.81. The SMILES string of the molecule is CCN(Cc1ccccc1N)Cc1cc(OC)ccc1Br. The van der Waals surface area contributed by atoms with E-state index in [1.54, 1.807) is 7.11 Å². The Kier molecular flexibility index (Phi) is 5.65. The number of rotatable bonds is 6. The van der Waals surface area contributed by atoms with Gasteiger partial charge in [-0.25, -0.2) is 0 Å². The molecule has 0 aliphatic heterocycles. The number of ether oxygens (including phenoxy) is 1. The summed E-state index contributed by atoms with van der Waals surface area (Å²) in [6.45, 7) is 4.81. The molecule has 0 aliphatic rings. The predicted molar refractivity (Wildman–Crippen MR) is 91.3 cm³/mol. The van der Waals surface area contributed by atoms with Gasteiger partial charge < -0.3 is 10.5 Å². The molecule has 0 amide bonds. The minimum atomic E-state index is 0.840. The van der Waals surface area contributed by atoms with Crippen molar-refractivity contribution >= 4 is 21.6 Å². The Morgan fingerprint density at radius 3 is 2.48 bits per heavy atom. The first-order valence-corrected chi connectivity index (χ1v) is 7.81. The van der Waals surface area contributed by atoms with Crippen molar-refractivity contribution in [1.82, 2.24) is 4.90 Å². The zero-order valence-corrected chi connectivity index (χ0v) is 14.1. The third-order valence-electron chi connectivity index (χ3n) is 3.54. The van der Waals surface area contributed by atoms with Crippen LogP contribution in [-0.2, 0) is 13.1 Å². The van der Waals surface area contributed by atoms with E-state index < -0.39 is 0 Å². The summed E-state index contributed by atoms with van der Waals surface area (Å²) in [5.74, 6) is 0.878. The number of halogens is 1. The van der Waals surface area contributed by atoms with Gasteiger partial charge in [-0.15, -0.1) is 0 Å². The van der Waals surface area contributed by atoms with Crippen molar-refractivity contribution in [2.24, 2.45) is 0 Å². The molecule has 0 saturated heterocycles. The number of anilines is 1. The lowest BCUT2D eigenvalue weighted by Gasteiger charge is -2.22. The van der Waals surface area contributed by atoms with Crippen LogP contribution in [0, 0.1) is 0 Å². The van der Waals surface area contributed by atoms with Crippen LogP contribution in [-0.4, -0.2) is 18.6 Å². The van der Waals surface area contributed by atoms with Crippen molar-refractivity contribution < 1.29 is 4.74 Å². The number of hydrogen-bond acceptors (Lipinski definition) is 3. The van der Waals surface area contributed by atoms with Crippen LogP contribution in [0.25, 0.3) is 0 Å². The smallest absolute Gasteiger partial charge is 0.119 e. The van der Waals surface area contributed by atoms with Gasteiger partial charge >= 0.3 is 0 Å². The summed E-state index contributed by atoms with van der Waals surface area (Å²) in [6.07, 6.45) is 0. The maximum absolute atomic E-state index is 6.04. The molecule has 21 heavy (non-hydrogen) atoms. The lowest BCUT2D eigenvalue weighted by molar-refractivity contribution is 0.271. The van der Waals surface area contributed by atoms with E-state index >= 15 is 0 Å². The third kappa shape index (κ3) is 4.22. The highest BCUT2D eigenvalue weighted by Crippen LogP contribution is 2.24. The maximum atomic E-state index is 6.04. The molecular formula is C17H21BrN2O. The highest BCUT2D eigenvalue weighted by Gasteiger charge is 2.10. The molecule has 0 aromatic heterocycles. The highest BCUT2D eigenvalue weighted by molar-refractivity contribution is 9.10. The van der Waals surface area contributed by atoms with Gasteiger partial charge in [-0.2, -0.15) is 0 Å². The molecule has 0 heterocycles. The van der Waals surface area contributed by atoms with Crippen molar-refractivity contribution in [3.8, 4) is 5.75 Å². The number of nitrogen functional groups attached to an aromatic ring is 1. The van der Waals surface area contributed by atoms with Gasteiger partial charge in [-0.3, -0.25) is 4.90 Å². The number of methoxy groups -OCH3 is 1. The van der Waals surface area contributed by atoms with E-state index in [4.69, 9.17) is 10.5 Å². The van der Waals surface area contributed by atoms with Crippen LogP contribution in [0.3, 0.4) is 0 Å². The molecule has 0 spiro atoms. The molecule has 0 atom stereocenters. The molecule has 0 fully saturated rings. The van der Waals surface area contributed by atoms with E-state index in [9.17, 15) is 0 Å². The van der Waals surface area contributed by atoms with E-state index in [-0.39, 0.29) is 0 Å². The lowest BCUT2D eigenvalue weighted by Crippen LogP contribution is -2.23. The first kappa shape index (κ1) is 15.9. The van der Waals surface area contributed by atoms with Crippen molar-refractivity contribution in [3.05, 3.63) is 58.1 Å². The molecule has 0 radical (unpaired) electrons. The minimum absolute atomic E-state index is 0.840. The summed E-state index contributed by atoms with van der Waals surface area (Å²) in [5, 5.41) is 0. The van der Waals surface area contributed by atoms with E-state index in [1.165, 1.54) is 11.1 Å². The molecule has 2 N–H and O–H groups in total. The van der Waals surface area contributed by atoms with Crippen molar-refractivity contribution in [2.45, 2.75) is 20.0 Å². The molecule has 0 bridgehead atoms. The van der Waals surface area contributed by atoms with Crippen LogP contribution >= 0.6 is 15.9 Å². The number of para-hydroxylation sites is 1. The van der Waals surface area contributed by atoms with Gasteiger partial charge in [0.1, 0.15) is 5.75 Å². The zero-order chi connectivity index (χ0) is 15.2. The van der Waals surface area contributed by atoms with E-state index in [1.807, 2.05) is 30.3 Å². The minimum Gasteiger partial charge on any atom is -0.497 e. The summed E-state index contributed by atoms with van der Waals surface area (Å²) in [7, 11) is 1.69. The lowest BCUT2D eigenvalue weighted by atomic mass is 10.1. The third-order valence-corrected chi connectivity index (χ3v) is 4.32. The number of benzene rings is 2. The second kappa shape index (κ2) is 7.48. The standard InChI is InChI=1S/C17H21BrN2O/c1-3-20(11-13-6-4-5-7-17(13)19)12-14-10-15(21-2)8-9-16(14)18/h4-10H,3,11-12,19H2,1-2H3. The number of nitrogens with two attached hydrogens (primary N) is 1. The summed E-state index contributed by atoms with van der Waals surface area (Å²) in [4.78, 5) is 2.35. The van der Waals surface area contributed by atoms with E-state index in [0.29, 0.717) is 0 Å². The Balaban J connectivity index is 2.14. The van der Waals surface area contributed by atoms with E-state index in [0.717, 1.165) is 35.5 Å². The predicted octanol–water partition coefficient (Wildman–Crippen LogP) is 4.06. The topological polar surface area (TPSA) is 38.5 Å². The molecule has 0 unspecified atom stereocenters. The first-order valence-electron chi connectivity index (χ1n) is 7.02. The molecule has 2 aromatic carbocycles. The van der Waals surface area contributed by atoms with Crippen LogP contribution in [0.4, 0.5) is 5.69 Å². The molecular weight excluding hydrogens is 328 g/mol. The van der Waals surface area contributed by atoms with Crippen LogP contribution in [0.1, 0.15) is 18.1 Å². The van der Waals surface area contributed by atoms with Crippen LogP contribution in [0.15, 0.2) is 46.9 Å². The van der Waals surface area contributed by atoms with Crippen LogP contribution in [0.5, 0.6) is 5.75 Å². The zero-order valence-electron chi connectivity index (χ0n) is 12.5. The Hall–Kier alpha value is -1.52. The molecule has 0 saturated carbocycles. The Labute approximate surface area is 134 Å². The molecule has 2 rings (SSSR count). The van der Waals surface area contributed by atoms with Crippen molar-refractivity contribution in [2.75, 3.05) is 19.4 Å². The summed E-state index contributed by atoms with van der Waals surface area (Å²) in [5.41, 5.74) is 9.26. The fraction of sp³-hybridized carbons (Fsp3) is 0.294. The largest absolute Gasteiger partial charge is 0.497 e. The second-order valence-electron chi connectivity index (χ2n) is 4.96. The maximum Gasteiger partial charge on any atom is 0.119 e. The van der Waals surface area contributed by atoms with Crippen LogP contribution in [0.2, 0.25) is 0 Å². The average molecular weight is 349 g/mol. The fourth-order valence-electron chi connectivity index (χ4n) is 2.24. The van der Waals surface area contributed by atoms with Gasteiger partial charge in [0, 0.05) is 23.2 Å². The molecule has 0 aliphatic carbocycles. The monoisotopic (exact) mass is 348 g/mol. The molecule has 112 valence electrons. The van der Waals surface area contributed by atoms with E-state index in [2.05, 4.69) is 39.9 Å².